The maximum atomic E-state index is 13.4. The smallest absolute Gasteiger partial charge is 0.274 e. The van der Waals surface area contributed by atoms with Crippen molar-refractivity contribution in [3.63, 3.8) is 0 Å². The van der Waals surface area contributed by atoms with E-state index in [9.17, 15) is 9.18 Å². The number of benzene rings is 2. The van der Waals surface area contributed by atoms with Gasteiger partial charge >= 0.3 is 0 Å². The highest BCUT2D eigenvalue weighted by atomic mass is 35.5. The van der Waals surface area contributed by atoms with Crippen LogP contribution in [0.5, 0.6) is 11.5 Å². The minimum Gasteiger partial charge on any atom is -0.493 e. The topological polar surface area (TPSA) is 65.4 Å². The Morgan fingerprint density at radius 2 is 1.86 bits per heavy atom. The molecule has 1 aromatic heterocycles. The highest BCUT2D eigenvalue weighted by Crippen LogP contribution is 2.34. The number of rotatable bonds is 6. The average Bonchev–Trinajstić information content (AvgIpc) is 2.68. The number of hydrogen-bond donors (Lipinski definition) is 1. The van der Waals surface area contributed by atoms with Crippen LogP contribution in [0.4, 0.5) is 16.0 Å². The zero-order chi connectivity index (χ0) is 20.3. The van der Waals surface area contributed by atoms with Gasteiger partial charge in [-0.3, -0.25) is 4.79 Å². The van der Waals surface area contributed by atoms with Crippen LogP contribution in [0.25, 0.3) is 0 Å². The van der Waals surface area contributed by atoms with E-state index in [1.165, 1.54) is 12.1 Å². The van der Waals surface area contributed by atoms with Gasteiger partial charge in [0.15, 0.2) is 11.5 Å². The predicted octanol–water partition coefficient (Wildman–Crippen LogP) is 4.15. The third kappa shape index (κ3) is 4.26. The molecule has 1 N–H and O–H groups in total. The second-order valence-corrected chi connectivity index (χ2v) is 6.52. The number of aromatic nitrogens is 2. The van der Waals surface area contributed by atoms with E-state index in [-0.39, 0.29) is 10.6 Å². The lowest BCUT2D eigenvalue weighted by Crippen LogP contribution is -2.16. The van der Waals surface area contributed by atoms with E-state index in [2.05, 4.69) is 10.3 Å². The van der Waals surface area contributed by atoms with E-state index in [0.717, 1.165) is 11.1 Å². The van der Waals surface area contributed by atoms with Crippen LogP contribution in [0, 0.1) is 12.7 Å². The van der Waals surface area contributed by atoms with Gasteiger partial charge in [0.25, 0.3) is 5.56 Å². The fourth-order valence-electron chi connectivity index (χ4n) is 2.73. The standard InChI is InChI=1S/C20H19ClFN3O3/c1-12-8-17(27-2)18(28-3)10-16(12)23-20-24-19(26)6-7-25(20)11-13-4-5-15(22)14(21)9-13/h4-10H,11H2,1-3H3,(H,23,24,26). The molecule has 146 valence electrons. The molecule has 1 heterocycles. The molecule has 0 aliphatic rings. The van der Waals surface area contributed by atoms with Crippen LogP contribution in [0.1, 0.15) is 11.1 Å². The monoisotopic (exact) mass is 403 g/mol. The van der Waals surface area contributed by atoms with Gasteiger partial charge in [0.05, 0.1) is 25.8 Å². The molecule has 0 spiro atoms. The molecule has 0 saturated carbocycles. The quantitative estimate of drug-likeness (QED) is 0.669. The summed E-state index contributed by atoms with van der Waals surface area (Å²) in [5.41, 5.74) is 1.98. The number of methoxy groups -OCH3 is 2. The molecular weight excluding hydrogens is 385 g/mol. The van der Waals surface area contributed by atoms with E-state index >= 15 is 0 Å². The summed E-state index contributed by atoms with van der Waals surface area (Å²) in [5, 5.41) is 3.20. The number of nitrogens with one attached hydrogen (secondary N) is 1. The Morgan fingerprint density at radius 3 is 2.54 bits per heavy atom. The Balaban J connectivity index is 1.97. The van der Waals surface area contributed by atoms with Crippen molar-refractivity contribution in [2.45, 2.75) is 13.5 Å². The third-order valence-electron chi connectivity index (χ3n) is 4.20. The molecule has 28 heavy (non-hydrogen) atoms. The third-order valence-corrected chi connectivity index (χ3v) is 4.49. The average molecular weight is 404 g/mol. The maximum absolute atomic E-state index is 13.4. The van der Waals surface area contributed by atoms with Gasteiger partial charge in [-0.1, -0.05) is 17.7 Å². The van der Waals surface area contributed by atoms with Crippen LogP contribution in [0.3, 0.4) is 0 Å². The lowest BCUT2D eigenvalue weighted by molar-refractivity contribution is 0.355. The molecule has 0 aliphatic heterocycles. The first-order valence-electron chi connectivity index (χ1n) is 8.42. The van der Waals surface area contributed by atoms with E-state index in [1.54, 1.807) is 43.2 Å². The molecule has 3 rings (SSSR count). The van der Waals surface area contributed by atoms with Gasteiger partial charge in [0.2, 0.25) is 5.95 Å². The Labute approximate surface area is 166 Å². The summed E-state index contributed by atoms with van der Waals surface area (Å²) < 4.78 is 25.8. The van der Waals surface area contributed by atoms with Crippen LogP contribution in [0.2, 0.25) is 5.02 Å². The van der Waals surface area contributed by atoms with Gasteiger partial charge < -0.3 is 19.4 Å². The molecule has 0 aliphatic carbocycles. The highest BCUT2D eigenvalue weighted by Gasteiger charge is 2.12. The summed E-state index contributed by atoms with van der Waals surface area (Å²) in [6.45, 7) is 2.25. The summed E-state index contributed by atoms with van der Waals surface area (Å²) >= 11 is 5.87. The first-order valence-corrected chi connectivity index (χ1v) is 8.80. The van der Waals surface area contributed by atoms with Gasteiger partial charge in [0.1, 0.15) is 5.82 Å². The maximum Gasteiger partial charge on any atom is 0.274 e. The SMILES string of the molecule is COc1cc(C)c(Nc2nc(=O)ccn2Cc2ccc(F)c(Cl)c2)cc1OC. The van der Waals surface area contributed by atoms with Crippen molar-refractivity contribution < 1.29 is 13.9 Å². The molecule has 0 unspecified atom stereocenters. The predicted molar refractivity (Wildman–Crippen MR) is 107 cm³/mol. The first kappa shape index (κ1) is 19.7. The molecule has 2 aromatic carbocycles. The number of aryl methyl sites for hydroxylation is 1. The normalized spacial score (nSPS) is 10.6. The number of ether oxygens (including phenoxy) is 2. The van der Waals surface area contributed by atoms with E-state index < -0.39 is 5.82 Å². The van der Waals surface area contributed by atoms with Crippen LogP contribution < -0.4 is 20.3 Å². The van der Waals surface area contributed by atoms with Crippen LogP contribution >= 0.6 is 11.6 Å². The van der Waals surface area contributed by atoms with Gasteiger partial charge in [-0.25, -0.2) is 4.39 Å². The Hall–Kier alpha value is -3.06. The fourth-order valence-corrected chi connectivity index (χ4v) is 2.93. The van der Waals surface area contributed by atoms with E-state index in [0.29, 0.717) is 29.7 Å². The summed E-state index contributed by atoms with van der Waals surface area (Å²) in [7, 11) is 3.11. The molecule has 0 fully saturated rings. The van der Waals surface area contributed by atoms with Crippen molar-refractivity contribution in [2.24, 2.45) is 0 Å². The number of nitrogens with zero attached hydrogens (tertiary/aromatic N) is 2. The van der Waals surface area contributed by atoms with Crippen LogP contribution in [-0.2, 0) is 6.54 Å². The van der Waals surface area contributed by atoms with Gasteiger partial charge in [0, 0.05) is 24.0 Å². The molecule has 0 atom stereocenters. The molecule has 0 radical (unpaired) electrons. The van der Waals surface area contributed by atoms with Gasteiger partial charge in [-0.2, -0.15) is 4.98 Å². The lowest BCUT2D eigenvalue weighted by Gasteiger charge is -2.17. The summed E-state index contributed by atoms with van der Waals surface area (Å²) in [6.07, 6.45) is 1.62. The molecular formula is C20H19ClFN3O3. The van der Waals surface area contributed by atoms with Crippen LogP contribution in [0.15, 0.2) is 47.4 Å². The zero-order valence-corrected chi connectivity index (χ0v) is 16.4. The second-order valence-electron chi connectivity index (χ2n) is 6.11. The van der Waals surface area contributed by atoms with Crippen molar-refractivity contribution in [3.05, 3.63) is 74.9 Å². The van der Waals surface area contributed by atoms with Crippen LogP contribution in [-0.4, -0.2) is 23.8 Å². The van der Waals surface area contributed by atoms with Crippen molar-refractivity contribution in [1.82, 2.24) is 9.55 Å². The van der Waals surface area contributed by atoms with Gasteiger partial charge in [-0.15, -0.1) is 0 Å². The molecule has 0 saturated heterocycles. The molecule has 8 heteroatoms. The largest absolute Gasteiger partial charge is 0.493 e. The Kier molecular flexibility index (Phi) is 5.84. The number of halogens is 2. The zero-order valence-electron chi connectivity index (χ0n) is 15.6. The highest BCUT2D eigenvalue weighted by molar-refractivity contribution is 6.30. The van der Waals surface area contributed by atoms with Crippen molar-refractivity contribution in [1.29, 1.82) is 0 Å². The fraction of sp³-hybridized carbons (Fsp3) is 0.200. The summed E-state index contributed by atoms with van der Waals surface area (Å²) in [4.78, 5) is 15.9. The molecule has 0 amide bonds. The molecule has 0 bridgehead atoms. The minimum absolute atomic E-state index is 0.0387. The summed E-state index contributed by atoms with van der Waals surface area (Å²) in [6, 6.07) is 9.43. The van der Waals surface area contributed by atoms with Crippen molar-refractivity contribution >= 4 is 23.2 Å². The van der Waals surface area contributed by atoms with Crippen molar-refractivity contribution in [3.8, 4) is 11.5 Å². The Bertz CT molecular complexity index is 1070. The summed E-state index contributed by atoms with van der Waals surface area (Å²) in [5.74, 6) is 1.00. The van der Waals surface area contributed by atoms with E-state index in [4.69, 9.17) is 21.1 Å². The first-order chi connectivity index (χ1) is 13.4. The molecule has 3 aromatic rings. The minimum atomic E-state index is -0.484. The second kappa shape index (κ2) is 8.31. The number of hydrogen-bond acceptors (Lipinski definition) is 5. The van der Waals surface area contributed by atoms with Crippen molar-refractivity contribution in [2.75, 3.05) is 19.5 Å². The Morgan fingerprint density at radius 1 is 1.14 bits per heavy atom. The van der Waals surface area contributed by atoms with E-state index in [1.807, 2.05) is 13.0 Å². The lowest BCUT2D eigenvalue weighted by atomic mass is 10.1. The number of anilines is 2. The van der Waals surface area contributed by atoms with Gasteiger partial charge in [-0.05, 0) is 36.2 Å². The molecule has 6 nitrogen and oxygen atoms in total.